The highest BCUT2D eigenvalue weighted by molar-refractivity contribution is 6.35. The lowest BCUT2D eigenvalue weighted by Crippen LogP contribution is -2.56. The molecule has 0 aromatic heterocycles. The summed E-state index contributed by atoms with van der Waals surface area (Å²) in [7, 11) is 0. The Morgan fingerprint density at radius 1 is 1.23 bits per heavy atom. The Bertz CT molecular complexity index is 404. The molecule has 1 fully saturated rings. The highest BCUT2D eigenvalue weighted by atomic mass is 35.5. The quantitative estimate of drug-likeness (QED) is 0.619. The zero-order valence-corrected chi connectivity index (χ0v) is 14.3. The molecule has 22 heavy (non-hydrogen) atoms. The van der Waals surface area contributed by atoms with E-state index in [0.717, 1.165) is 6.42 Å². The predicted octanol–water partition coefficient (Wildman–Crippen LogP) is -0.411. The molecule has 1 saturated heterocycles. The van der Waals surface area contributed by atoms with Crippen molar-refractivity contribution in [2.45, 2.75) is 33.2 Å². The molecule has 1 aliphatic heterocycles. The number of rotatable bonds is 7. The van der Waals surface area contributed by atoms with Crippen molar-refractivity contribution < 1.29 is 14.4 Å². The van der Waals surface area contributed by atoms with Crippen molar-refractivity contribution in [1.29, 1.82) is 0 Å². The van der Waals surface area contributed by atoms with Crippen molar-refractivity contribution in [2.24, 2.45) is 11.7 Å². The molecule has 0 radical (unpaired) electrons. The van der Waals surface area contributed by atoms with Gasteiger partial charge in [-0.25, -0.2) is 0 Å². The lowest BCUT2D eigenvalue weighted by Gasteiger charge is -2.33. The first-order valence-electron chi connectivity index (χ1n) is 7.46. The van der Waals surface area contributed by atoms with Crippen LogP contribution in [-0.4, -0.2) is 66.3 Å². The Morgan fingerprint density at radius 3 is 2.27 bits per heavy atom. The van der Waals surface area contributed by atoms with Crippen LogP contribution in [0.5, 0.6) is 0 Å². The highest BCUT2D eigenvalue weighted by Crippen LogP contribution is 2.06. The minimum absolute atomic E-state index is 0. The van der Waals surface area contributed by atoms with Crippen molar-refractivity contribution in [3.8, 4) is 0 Å². The van der Waals surface area contributed by atoms with Gasteiger partial charge in [-0.05, 0) is 19.3 Å². The third-order valence-corrected chi connectivity index (χ3v) is 3.52. The zero-order valence-electron chi connectivity index (χ0n) is 13.5. The van der Waals surface area contributed by atoms with Crippen LogP contribution in [0, 0.1) is 5.92 Å². The van der Waals surface area contributed by atoms with Crippen LogP contribution in [0.25, 0.3) is 0 Å². The Labute approximate surface area is 138 Å². The van der Waals surface area contributed by atoms with Crippen molar-refractivity contribution in [2.75, 3.05) is 32.7 Å². The Hall–Kier alpha value is -1.34. The van der Waals surface area contributed by atoms with Crippen LogP contribution in [0.2, 0.25) is 0 Å². The van der Waals surface area contributed by atoms with Crippen molar-refractivity contribution in [3.63, 3.8) is 0 Å². The van der Waals surface area contributed by atoms with E-state index in [9.17, 15) is 14.4 Å². The van der Waals surface area contributed by atoms with Gasteiger partial charge in [-0.15, -0.1) is 12.4 Å². The van der Waals surface area contributed by atoms with Gasteiger partial charge >= 0.3 is 11.8 Å². The number of hydrogen-bond acceptors (Lipinski definition) is 4. The van der Waals surface area contributed by atoms with Crippen LogP contribution in [0.3, 0.4) is 0 Å². The first-order chi connectivity index (χ1) is 9.88. The first kappa shape index (κ1) is 20.7. The van der Waals surface area contributed by atoms with E-state index < -0.39 is 11.8 Å². The lowest BCUT2D eigenvalue weighted by molar-refractivity contribution is -0.156. The number of nitrogens with two attached hydrogens (primary N) is 1. The summed E-state index contributed by atoms with van der Waals surface area (Å²) < 4.78 is 0. The van der Waals surface area contributed by atoms with E-state index in [4.69, 9.17) is 5.73 Å². The minimum Gasteiger partial charge on any atom is -0.351 e. The molecule has 0 saturated carbocycles. The predicted molar refractivity (Wildman–Crippen MR) is 86.5 cm³/mol. The van der Waals surface area contributed by atoms with Crippen LogP contribution in [-0.2, 0) is 14.4 Å². The molecule has 3 amide bonds. The van der Waals surface area contributed by atoms with Gasteiger partial charge < -0.3 is 20.9 Å². The van der Waals surface area contributed by atoms with Crippen LogP contribution >= 0.6 is 12.4 Å². The van der Waals surface area contributed by atoms with Crippen LogP contribution in [0.1, 0.15) is 27.2 Å². The number of carbonyl (C=O) groups is 3. The molecule has 1 atom stereocenters. The van der Waals surface area contributed by atoms with Crippen LogP contribution in [0.4, 0.5) is 0 Å². The number of nitrogens with zero attached hydrogens (tertiary/aromatic N) is 2. The SMILES string of the molecule is CCN1CCN(CC(=O)NC(CN)CC(C)C)C(=O)C1=O.Cl. The minimum atomic E-state index is -0.605. The van der Waals surface area contributed by atoms with E-state index in [0.29, 0.717) is 32.1 Å². The highest BCUT2D eigenvalue weighted by Gasteiger charge is 2.32. The normalized spacial score (nSPS) is 16.6. The molecule has 1 rings (SSSR count). The van der Waals surface area contributed by atoms with E-state index >= 15 is 0 Å². The van der Waals surface area contributed by atoms with Gasteiger partial charge in [0.05, 0.1) is 0 Å². The number of carbonyl (C=O) groups excluding carboxylic acids is 3. The lowest BCUT2D eigenvalue weighted by atomic mass is 10.0. The van der Waals surface area contributed by atoms with E-state index in [1.807, 2.05) is 6.92 Å². The topological polar surface area (TPSA) is 95.7 Å². The maximum atomic E-state index is 12.0. The zero-order chi connectivity index (χ0) is 16.0. The monoisotopic (exact) mass is 334 g/mol. The second-order valence-electron chi connectivity index (χ2n) is 5.74. The fourth-order valence-corrected chi connectivity index (χ4v) is 2.40. The summed E-state index contributed by atoms with van der Waals surface area (Å²) in [6.07, 6.45) is 0.790. The maximum absolute atomic E-state index is 12.0. The van der Waals surface area contributed by atoms with Gasteiger partial charge in [0.2, 0.25) is 5.91 Å². The number of hydrogen-bond donors (Lipinski definition) is 2. The summed E-state index contributed by atoms with van der Waals surface area (Å²) in [5, 5.41) is 2.82. The van der Waals surface area contributed by atoms with Crippen LogP contribution < -0.4 is 11.1 Å². The molecule has 1 aliphatic rings. The number of nitrogens with one attached hydrogen (secondary N) is 1. The standard InChI is InChI=1S/C14H26N4O3.ClH/c1-4-17-5-6-18(14(21)13(17)20)9-12(19)16-11(8-15)7-10(2)3;/h10-11H,4-9,15H2,1-3H3,(H,16,19);1H. The number of likely N-dealkylation sites (N-methyl/N-ethyl adjacent to an activating group) is 1. The van der Waals surface area contributed by atoms with Crippen molar-refractivity contribution in [1.82, 2.24) is 15.1 Å². The van der Waals surface area contributed by atoms with Crippen molar-refractivity contribution in [3.05, 3.63) is 0 Å². The summed E-state index contributed by atoms with van der Waals surface area (Å²) in [5.74, 6) is -0.979. The molecule has 8 heteroatoms. The van der Waals surface area contributed by atoms with Gasteiger partial charge in [-0.2, -0.15) is 0 Å². The summed E-state index contributed by atoms with van der Waals surface area (Å²) in [4.78, 5) is 38.4. The van der Waals surface area contributed by atoms with E-state index in [2.05, 4.69) is 19.2 Å². The second kappa shape index (κ2) is 9.63. The largest absolute Gasteiger partial charge is 0.351 e. The van der Waals surface area contributed by atoms with Crippen LogP contribution in [0.15, 0.2) is 0 Å². The third kappa shape index (κ3) is 5.81. The van der Waals surface area contributed by atoms with Gasteiger partial charge in [-0.1, -0.05) is 13.8 Å². The third-order valence-electron chi connectivity index (χ3n) is 3.52. The molecule has 1 heterocycles. The first-order valence-corrected chi connectivity index (χ1v) is 7.46. The molecule has 0 aliphatic carbocycles. The molecule has 128 valence electrons. The molecule has 0 spiro atoms. The second-order valence-corrected chi connectivity index (χ2v) is 5.74. The Balaban J connectivity index is 0.00000441. The number of piperazine rings is 1. The van der Waals surface area contributed by atoms with Gasteiger partial charge in [-0.3, -0.25) is 14.4 Å². The number of amides is 3. The fraction of sp³-hybridized carbons (Fsp3) is 0.786. The number of halogens is 1. The van der Waals surface area contributed by atoms with Crippen molar-refractivity contribution >= 4 is 30.1 Å². The molecule has 1 unspecified atom stereocenters. The summed E-state index contributed by atoms with van der Waals surface area (Å²) in [6.45, 7) is 7.59. The van der Waals surface area contributed by atoms with Gasteiger partial charge in [0.15, 0.2) is 0 Å². The Kier molecular flexibility index (Phi) is 9.04. The van der Waals surface area contributed by atoms with Gasteiger partial charge in [0, 0.05) is 32.2 Å². The summed E-state index contributed by atoms with van der Waals surface area (Å²) in [5.41, 5.74) is 5.63. The molecule has 7 nitrogen and oxygen atoms in total. The molecule has 0 aromatic rings. The maximum Gasteiger partial charge on any atom is 0.312 e. The van der Waals surface area contributed by atoms with Gasteiger partial charge in [0.25, 0.3) is 0 Å². The molecule has 0 bridgehead atoms. The Morgan fingerprint density at radius 2 is 1.77 bits per heavy atom. The average Bonchev–Trinajstić information content (AvgIpc) is 2.43. The van der Waals surface area contributed by atoms with E-state index in [1.54, 1.807) is 0 Å². The molecular weight excluding hydrogens is 308 g/mol. The average molecular weight is 335 g/mol. The smallest absolute Gasteiger partial charge is 0.312 e. The van der Waals surface area contributed by atoms with Gasteiger partial charge in [0.1, 0.15) is 6.54 Å². The summed E-state index contributed by atoms with van der Waals surface area (Å²) >= 11 is 0. The van der Waals surface area contributed by atoms with E-state index in [-0.39, 0.29) is 30.9 Å². The molecular formula is C14H27ClN4O3. The molecule has 3 N–H and O–H groups in total. The molecule has 0 aromatic carbocycles. The summed E-state index contributed by atoms with van der Waals surface area (Å²) in [6, 6.07) is -0.0970. The van der Waals surface area contributed by atoms with E-state index in [1.165, 1.54) is 9.80 Å². The fourth-order valence-electron chi connectivity index (χ4n) is 2.40.